The number of oxazole rings is 1. The van der Waals surface area contributed by atoms with E-state index in [2.05, 4.69) is 15.3 Å². The van der Waals surface area contributed by atoms with Crippen LogP contribution in [0.5, 0.6) is 5.75 Å². The van der Waals surface area contributed by atoms with Gasteiger partial charge in [0.05, 0.1) is 0 Å². The number of ether oxygens (including phenoxy) is 1. The van der Waals surface area contributed by atoms with Gasteiger partial charge in [0, 0.05) is 17.4 Å². The number of amides is 1. The number of carbonyl (C=O) groups excluding carboxylic acids is 1. The molecule has 0 atom stereocenters. The fraction of sp³-hybridized carbons (Fsp3) is 0.174. The summed E-state index contributed by atoms with van der Waals surface area (Å²) in [4.78, 5) is 20.9. The van der Waals surface area contributed by atoms with Crippen molar-refractivity contribution in [2.75, 3.05) is 11.9 Å². The van der Waals surface area contributed by atoms with E-state index >= 15 is 0 Å². The summed E-state index contributed by atoms with van der Waals surface area (Å²) in [5.74, 6) is 1.00. The lowest BCUT2D eigenvalue weighted by molar-refractivity contribution is -0.118. The lowest BCUT2D eigenvalue weighted by Crippen LogP contribution is -2.21. The number of aryl methyl sites for hydroxylation is 2. The average Bonchev–Trinajstić information content (AvgIpc) is 3.15. The fourth-order valence-electron chi connectivity index (χ4n) is 3.04. The second-order valence-electron chi connectivity index (χ2n) is 6.91. The molecule has 0 unspecified atom stereocenters. The molecule has 0 aliphatic heterocycles. The first-order valence-corrected chi connectivity index (χ1v) is 9.33. The highest BCUT2D eigenvalue weighted by Gasteiger charge is 2.12. The van der Waals surface area contributed by atoms with Crippen molar-refractivity contribution in [2.45, 2.75) is 20.8 Å². The smallest absolute Gasteiger partial charge is 0.262 e. The summed E-state index contributed by atoms with van der Waals surface area (Å²) in [5.41, 5.74) is 5.82. The number of hydrogen-bond donors (Lipinski definition) is 1. The highest BCUT2D eigenvalue weighted by atomic mass is 16.5. The average molecular weight is 387 g/mol. The van der Waals surface area contributed by atoms with Crippen LogP contribution in [0.2, 0.25) is 0 Å². The topological polar surface area (TPSA) is 77.3 Å². The summed E-state index contributed by atoms with van der Waals surface area (Å²) in [7, 11) is 0. The first-order valence-electron chi connectivity index (χ1n) is 9.33. The summed E-state index contributed by atoms with van der Waals surface area (Å²) >= 11 is 0. The van der Waals surface area contributed by atoms with E-state index in [0.717, 1.165) is 33.7 Å². The minimum Gasteiger partial charge on any atom is -0.483 e. The summed E-state index contributed by atoms with van der Waals surface area (Å²) in [6, 6.07) is 15.1. The Morgan fingerprint density at radius 1 is 1.07 bits per heavy atom. The van der Waals surface area contributed by atoms with Crippen LogP contribution >= 0.6 is 0 Å². The molecule has 0 spiro atoms. The Labute approximate surface area is 168 Å². The van der Waals surface area contributed by atoms with Crippen molar-refractivity contribution in [3.63, 3.8) is 0 Å². The zero-order valence-corrected chi connectivity index (χ0v) is 16.5. The summed E-state index contributed by atoms with van der Waals surface area (Å²) in [5, 5.41) is 2.89. The third kappa shape index (κ3) is 3.96. The van der Waals surface area contributed by atoms with Gasteiger partial charge < -0.3 is 14.5 Å². The van der Waals surface area contributed by atoms with Gasteiger partial charge in [0.1, 0.15) is 5.75 Å². The second kappa shape index (κ2) is 7.75. The number of aromatic nitrogens is 2. The van der Waals surface area contributed by atoms with Crippen molar-refractivity contribution in [2.24, 2.45) is 0 Å². The Hall–Kier alpha value is -3.67. The number of fused-ring (bicyclic) bond motifs is 1. The molecule has 29 heavy (non-hydrogen) atoms. The van der Waals surface area contributed by atoms with Crippen molar-refractivity contribution in [3.05, 3.63) is 71.4 Å². The van der Waals surface area contributed by atoms with Gasteiger partial charge in [-0.1, -0.05) is 12.1 Å². The van der Waals surface area contributed by atoms with Gasteiger partial charge in [0.2, 0.25) is 5.89 Å². The number of anilines is 1. The fourth-order valence-corrected chi connectivity index (χ4v) is 3.04. The Balaban J connectivity index is 1.45. The molecule has 2 aromatic heterocycles. The molecule has 6 nitrogen and oxygen atoms in total. The van der Waals surface area contributed by atoms with Crippen LogP contribution in [0.25, 0.3) is 22.7 Å². The predicted octanol–water partition coefficient (Wildman–Crippen LogP) is 4.83. The minimum absolute atomic E-state index is 0.0533. The first kappa shape index (κ1) is 18.7. The van der Waals surface area contributed by atoms with Crippen molar-refractivity contribution < 1.29 is 13.9 Å². The zero-order chi connectivity index (χ0) is 20.4. The van der Waals surface area contributed by atoms with Gasteiger partial charge in [-0.05, 0) is 73.9 Å². The molecule has 1 amide bonds. The molecule has 0 radical (unpaired) electrons. The van der Waals surface area contributed by atoms with E-state index < -0.39 is 0 Å². The molecule has 0 aliphatic rings. The van der Waals surface area contributed by atoms with Gasteiger partial charge in [-0.3, -0.25) is 4.79 Å². The molecule has 0 bridgehead atoms. The number of rotatable bonds is 5. The highest BCUT2D eigenvalue weighted by molar-refractivity contribution is 5.93. The number of hydrogen-bond acceptors (Lipinski definition) is 5. The van der Waals surface area contributed by atoms with Gasteiger partial charge in [-0.15, -0.1) is 0 Å². The molecule has 4 aromatic rings. The molecule has 4 rings (SSSR count). The lowest BCUT2D eigenvalue weighted by Gasteiger charge is -2.12. The number of carbonyl (C=O) groups is 1. The molecule has 0 saturated heterocycles. The first-order chi connectivity index (χ1) is 14.0. The molecular weight excluding hydrogens is 366 g/mol. The van der Waals surface area contributed by atoms with Gasteiger partial charge >= 0.3 is 0 Å². The molecule has 1 N–H and O–H groups in total. The summed E-state index contributed by atoms with van der Waals surface area (Å²) < 4.78 is 11.4. The molecule has 2 heterocycles. The van der Waals surface area contributed by atoms with E-state index in [1.54, 1.807) is 6.20 Å². The Morgan fingerprint density at radius 2 is 1.93 bits per heavy atom. The molecular formula is C23H21N3O3. The van der Waals surface area contributed by atoms with E-state index in [9.17, 15) is 4.79 Å². The van der Waals surface area contributed by atoms with Gasteiger partial charge in [0.15, 0.2) is 17.8 Å². The van der Waals surface area contributed by atoms with E-state index in [-0.39, 0.29) is 12.5 Å². The van der Waals surface area contributed by atoms with Crippen LogP contribution in [0.4, 0.5) is 5.69 Å². The Bertz CT molecular complexity index is 1160. The second-order valence-corrected chi connectivity index (χ2v) is 6.91. The summed E-state index contributed by atoms with van der Waals surface area (Å²) in [6.07, 6.45) is 1.68. The molecule has 146 valence electrons. The number of pyridine rings is 1. The maximum atomic E-state index is 12.3. The van der Waals surface area contributed by atoms with Crippen molar-refractivity contribution in [3.8, 4) is 17.2 Å². The van der Waals surface area contributed by atoms with Crippen molar-refractivity contribution >= 4 is 22.8 Å². The monoisotopic (exact) mass is 387 g/mol. The normalized spacial score (nSPS) is 10.9. The van der Waals surface area contributed by atoms with Gasteiger partial charge in [0.25, 0.3) is 5.91 Å². The third-order valence-electron chi connectivity index (χ3n) is 4.83. The van der Waals surface area contributed by atoms with Crippen LogP contribution in [-0.4, -0.2) is 22.5 Å². The minimum atomic E-state index is -0.215. The van der Waals surface area contributed by atoms with E-state index in [1.165, 1.54) is 0 Å². The Morgan fingerprint density at radius 3 is 2.72 bits per heavy atom. The largest absolute Gasteiger partial charge is 0.483 e. The highest BCUT2D eigenvalue weighted by Crippen LogP contribution is 2.27. The molecule has 0 saturated carbocycles. The maximum absolute atomic E-state index is 12.3. The van der Waals surface area contributed by atoms with E-state index in [0.29, 0.717) is 17.1 Å². The van der Waals surface area contributed by atoms with Crippen LogP contribution < -0.4 is 10.1 Å². The molecule has 0 fully saturated rings. The quantitative estimate of drug-likeness (QED) is 0.531. The molecule has 2 aromatic carbocycles. The number of benzene rings is 2. The Kier molecular flexibility index (Phi) is 4.99. The van der Waals surface area contributed by atoms with Crippen LogP contribution in [0, 0.1) is 20.8 Å². The van der Waals surface area contributed by atoms with E-state index in [4.69, 9.17) is 9.15 Å². The van der Waals surface area contributed by atoms with Gasteiger partial charge in [-0.2, -0.15) is 4.98 Å². The van der Waals surface area contributed by atoms with Gasteiger partial charge in [-0.25, -0.2) is 4.98 Å². The van der Waals surface area contributed by atoms with Crippen LogP contribution in [-0.2, 0) is 4.79 Å². The zero-order valence-electron chi connectivity index (χ0n) is 16.5. The predicted molar refractivity (Wildman–Crippen MR) is 112 cm³/mol. The maximum Gasteiger partial charge on any atom is 0.262 e. The van der Waals surface area contributed by atoms with E-state index in [1.807, 2.05) is 69.3 Å². The standard InChI is InChI=1S/C23H21N3O3/c1-14-6-4-7-19(16(14)3)28-13-21(27)25-18-10-9-17(12-15(18)2)23-26-22-20(29-23)8-5-11-24-22/h4-12H,13H2,1-3H3,(H,25,27). The SMILES string of the molecule is Cc1cc(-c2nc3ncccc3o2)ccc1NC(=O)COc1cccc(C)c1C. The van der Waals surface area contributed by atoms with Crippen LogP contribution in [0.15, 0.2) is 59.1 Å². The van der Waals surface area contributed by atoms with Crippen molar-refractivity contribution in [1.29, 1.82) is 0 Å². The number of nitrogens with zero attached hydrogens (tertiary/aromatic N) is 2. The molecule has 6 heteroatoms. The lowest BCUT2D eigenvalue weighted by atomic mass is 10.1. The van der Waals surface area contributed by atoms with Crippen molar-refractivity contribution in [1.82, 2.24) is 9.97 Å². The molecule has 0 aliphatic carbocycles. The summed E-state index contributed by atoms with van der Waals surface area (Å²) in [6.45, 7) is 5.86. The third-order valence-corrected chi connectivity index (χ3v) is 4.83. The van der Waals surface area contributed by atoms with Crippen LogP contribution in [0.3, 0.4) is 0 Å². The van der Waals surface area contributed by atoms with Crippen LogP contribution in [0.1, 0.15) is 16.7 Å². The number of nitrogens with one attached hydrogen (secondary N) is 1.